The minimum atomic E-state index is -5.54. The predicted molar refractivity (Wildman–Crippen MR) is 173 cm³/mol. The van der Waals surface area contributed by atoms with Gasteiger partial charge in [0.25, 0.3) is 6.23 Å². The van der Waals surface area contributed by atoms with E-state index in [4.69, 9.17) is 28.8 Å². The van der Waals surface area contributed by atoms with Crippen molar-refractivity contribution in [1.29, 1.82) is 0 Å². The summed E-state index contributed by atoms with van der Waals surface area (Å²) < 4.78 is 44.8. The summed E-state index contributed by atoms with van der Waals surface area (Å²) in [7, 11) is -14.8. The molecule has 0 aliphatic carbocycles. The third-order valence-corrected chi connectivity index (χ3v) is 11.3. The number of phosphoric ester groups is 3. The first-order chi connectivity index (χ1) is 25.3. The number of rotatable bonds is 18. The summed E-state index contributed by atoms with van der Waals surface area (Å²) in [5.74, 6) is -0.0596. The lowest BCUT2D eigenvalue weighted by Crippen LogP contribution is -2.46. The smallest absolute Gasteiger partial charge is 0.510 e. The van der Waals surface area contributed by atoms with Crippen LogP contribution in [-0.4, -0.2) is 128 Å². The van der Waals surface area contributed by atoms with Crippen LogP contribution < -0.4 is 20.1 Å². The number of aliphatic hydroxyl groups is 4. The van der Waals surface area contributed by atoms with Crippen molar-refractivity contribution in [1.82, 2.24) is 24.5 Å². The van der Waals surface area contributed by atoms with Gasteiger partial charge in [-0.1, -0.05) is 4.31 Å². The van der Waals surface area contributed by atoms with Crippen molar-refractivity contribution in [3.05, 3.63) is 47.7 Å². The molecule has 11 atom stereocenters. The maximum absolute atomic E-state index is 12.7. The minimum Gasteiger partial charge on any atom is -0.606 e. The number of imidazole rings is 1. The Kier molecular flexibility index (Phi) is 13.6. The van der Waals surface area contributed by atoms with Crippen molar-refractivity contribution in [3.63, 3.8) is 0 Å². The Hall–Kier alpha value is -2.65. The van der Waals surface area contributed by atoms with Gasteiger partial charge in [-0.05, 0) is 18.9 Å². The van der Waals surface area contributed by atoms with Crippen LogP contribution in [0.2, 0.25) is 0 Å². The average Bonchev–Trinajstić information content (AvgIpc) is 3.75. The molecule has 54 heavy (non-hydrogen) atoms. The summed E-state index contributed by atoms with van der Waals surface area (Å²) >= 11 is 0. The molecule has 300 valence electrons. The van der Waals surface area contributed by atoms with Crippen LogP contribution >= 0.6 is 24.2 Å². The second-order valence-electron chi connectivity index (χ2n) is 12.1. The van der Waals surface area contributed by atoms with Crippen molar-refractivity contribution >= 4 is 41.1 Å². The first-order valence-electron chi connectivity index (χ1n) is 15.7. The monoisotopic (exact) mass is 831 g/mol. The predicted octanol–water partition coefficient (Wildman–Crippen LogP) is -3.71. The SMILES string of the molecule is CN(CCCC(O)c1ccc[n+]([C@@H]2O[C@H](COP(=O)(O)O[P+]([O-])(O)OC[C@H]3O[C@@H](n4cnc5c(N)ncnc54)[C@H](O[P+]([O-])(O)O)[C@@H]3O)[C@@H](O)[C@H]2O)c1)N=O. The Balaban J connectivity index is 1.17. The zero-order valence-corrected chi connectivity index (χ0v) is 30.6. The van der Waals surface area contributed by atoms with Crippen LogP contribution in [0.3, 0.4) is 0 Å². The first-order valence-corrected chi connectivity index (χ1v) is 20.2. The van der Waals surface area contributed by atoms with Gasteiger partial charge in [-0.25, -0.2) is 19.5 Å². The van der Waals surface area contributed by atoms with Gasteiger partial charge in [0.05, 0.1) is 24.3 Å². The van der Waals surface area contributed by atoms with E-state index in [2.05, 4.69) is 24.5 Å². The number of nitroso groups, excluding NO2 is 1. The van der Waals surface area contributed by atoms with E-state index < -0.39 is 92.6 Å². The second kappa shape index (κ2) is 17.2. The lowest BCUT2D eigenvalue weighted by molar-refractivity contribution is -0.766. The molecule has 0 spiro atoms. The third kappa shape index (κ3) is 10.4. The summed E-state index contributed by atoms with van der Waals surface area (Å²) in [4.78, 5) is 85.9. The van der Waals surface area contributed by atoms with E-state index >= 15 is 0 Å². The van der Waals surface area contributed by atoms with E-state index in [1.165, 1.54) is 35.1 Å². The maximum atomic E-state index is 12.7. The van der Waals surface area contributed by atoms with Crippen molar-refractivity contribution < 1.29 is 86.3 Å². The van der Waals surface area contributed by atoms with Gasteiger partial charge in [0, 0.05) is 25.2 Å². The molecule has 5 heterocycles. The number of aromatic nitrogens is 5. The van der Waals surface area contributed by atoms with Crippen LogP contribution in [0, 0.1) is 4.91 Å². The topological polar surface area (TPSA) is 387 Å². The number of nitrogen functional groups attached to an aromatic ring is 1. The zero-order chi connectivity index (χ0) is 39.6. The number of hydrogen-bond acceptors (Lipinski definition) is 22. The van der Waals surface area contributed by atoms with Crippen LogP contribution in [0.4, 0.5) is 5.82 Å². The van der Waals surface area contributed by atoms with Gasteiger partial charge in [0.1, 0.15) is 42.9 Å². The number of aliphatic hydroxyl groups excluding tert-OH is 4. The number of anilines is 1. The van der Waals surface area contributed by atoms with E-state index in [9.17, 15) is 59.3 Å². The van der Waals surface area contributed by atoms with Crippen LogP contribution in [0.25, 0.3) is 11.2 Å². The van der Waals surface area contributed by atoms with Crippen LogP contribution in [0.1, 0.15) is 37.0 Å². The van der Waals surface area contributed by atoms with Gasteiger partial charge in [0.15, 0.2) is 42.3 Å². The normalized spacial score (nSPS) is 28.9. The van der Waals surface area contributed by atoms with Crippen LogP contribution in [-0.2, 0) is 31.9 Å². The summed E-state index contributed by atoms with van der Waals surface area (Å²) in [6, 6.07) is 3.12. The molecule has 29 heteroatoms. The minimum absolute atomic E-state index is 0.00119. The lowest BCUT2D eigenvalue weighted by Gasteiger charge is -2.24. The van der Waals surface area contributed by atoms with Crippen LogP contribution in [0.5, 0.6) is 0 Å². The number of phosphoric acid groups is 3. The molecule has 0 aromatic carbocycles. The van der Waals surface area contributed by atoms with Gasteiger partial charge in [0.2, 0.25) is 0 Å². The molecule has 0 saturated carbocycles. The first kappa shape index (κ1) is 42.5. The quantitative estimate of drug-likeness (QED) is 0.0258. The fourth-order valence-electron chi connectivity index (χ4n) is 5.62. The molecular weight excluding hydrogens is 793 g/mol. The number of hydrogen-bond donors (Lipinski definition) is 9. The standard InChI is InChI=1S/C25H37N8O18P3/c1-31(30-38)6-3-5-14(34)13-4-2-7-32(8-13)24-20(37)18(35)15(48-24)9-46-53(42,43)51-54(44,45)47-10-16-19(36)21(50-52(39,40)41)25(49-16)33-12-29-17-22(26)27-11-28-23(17)33/h2,4,7-8,11-12,14-16,18-21,24-25,34-37H,3,5-6,9-10H2,1H3,(H5-,26,27,28,39,40,41,42,43,44,45)/p+1/t14?,15-,16-,18-,19-,20-,21-,24-,25-/m1/s1. The van der Waals surface area contributed by atoms with Gasteiger partial charge in [-0.3, -0.25) is 14.1 Å². The van der Waals surface area contributed by atoms with E-state index in [0.717, 1.165) is 17.2 Å². The Bertz CT molecular complexity index is 1790. The highest BCUT2D eigenvalue weighted by atomic mass is 31.3. The molecule has 2 fully saturated rings. The molecule has 3 aromatic rings. The highest BCUT2D eigenvalue weighted by molar-refractivity contribution is 7.64. The number of nitrogens with zero attached hydrogens (tertiary/aromatic N) is 7. The van der Waals surface area contributed by atoms with Crippen molar-refractivity contribution in [3.8, 4) is 0 Å². The summed E-state index contributed by atoms with van der Waals surface area (Å²) in [6.07, 6.45) is -8.36. The van der Waals surface area contributed by atoms with Gasteiger partial charge >= 0.3 is 24.2 Å². The number of pyridine rings is 1. The number of fused-ring (bicyclic) bond motifs is 1. The molecular formula is C25H38N8O18P3+. The molecule has 2 saturated heterocycles. The lowest BCUT2D eigenvalue weighted by atomic mass is 10.1. The number of ether oxygens (including phenoxy) is 2. The molecule has 26 nitrogen and oxygen atoms in total. The van der Waals surface area contributed by atoms with E-state index in [1.807, 2.05) is 0 Å². The van der Waals surface area contributed by atoms with E-state index in [-0.39, 0.29) is 23.4 Å². The van der Waals surface area contributed by atoms with Gasteiger partial charge < -0.3 is 50.3 Å². The highest BCUT2D eigenvalue weighted by Crippen LogP contribution is 2.63. The Morgan fingerprint density at radius 3 is 2.56 bits per heavy atom. The maximum Gasteiger partial charge on any atom is 0.510 e. The Morgan fingerprint density at radius 2 is 1.85 bits per heavy atom. The molecule has 3 aromatic heterocycles. The van der Waals surface area contributed by atoms with Crippen LogP contribution in [0.15, 0.2) is 42.5 Å². The zero-order valence-electron chi connectivity index (χ0n) is 27.9. The van der Waals surface area contributed by atoms with Crippen molar-refractivity contribution in [2.75, 3.05) is 32.5 Å². The third-order valence-electron chi connectivity index (χ3n) is 8.20. The summed E-state index contributed by atoms with van der Waals surface area (Å²) in [5, 5.41) is 46.5. The Labute approximate surface area is 305 Å². The molecule has 2 aliphatic heterocycles. The Morgan fingerprint density at radius 1 is 1.13 bits per heavy atom. The molecule has 3 unspecified atom stereocenters. The largest absolute Gasteiger partial charge is 0.606 e. The average molecular weight is 832 g/mol. The van der Waals surface area contributed by atoms with E-state index in [0.29, 0.717) is 18.5 Å². The number of nitrogens with two attached hydrogens (primary N) is 1. The second-order valence-corrected chi connectivity index (χ2v) is 16.3. The van der Waals surface area contributed by atoms with Gasteiger partial charge in [-0.2, -0.15) is 28.3 Å². The van der Waals surface area contributed by atoms with Gasteiger partial charge in [-0.15, -0.1) is 4.91 Å². The molecule has 2 aliphatic rings. The molecule has 0 radical (unpaired) electrons. The highest BCUT2D eigenvalue weighted by Gasteiger charge is 2.53. The van der Waals surface area contributed by atoms with Crippen molar-refractivity contribution in [2.24, 2.45) is 5.29 Å². The molecule has 0 amide bonds. The van der Waals surface area contributed by atoms with E-state index in [1.54, 1.807) is 6.07 Å². The fourth-order valence-corrected chi connectivity index (χ4v) is 8.26. The summed E-state index contributed by atoms with van der Waals surface area (Å²) in [6.45, 7) is -1.73. The van der Waals surface area contributed by atoms with Crippen molar-refractivity contribution in [2.45, 2.75) is 68.0 Å². The fraction of sp³-hybridized carbons (Fsp3) is 0.600. The molecule has 0 bridgehead atoms. The summed E-state index contributed by atoms with van der Waals surface area (Å²) in [5.41, 5.74) is 6.24. The molecule has 10 N–H and O–H groups in total. The molecule has 5 rings (SSSR count).